The SMILES string of the molecule is [Cr][CH]1CCCCC1. The molecule has 41 valence electrons. The number of hydrogen-bond donors (Lipinski definition) is 0. The average molecular weight is 135 g/mol. The Kier molecular flexibility index (Phi) is 2.22. The van der Waals surface area contributed by atoms with Crippen molar-refractivity contribution in [2.45, 2.75) is 36.9 Å². The van der Waals surface area contributed by atoms with Crippen LogP contribution in [-0.2, 0) is 16.3 Å². The zero-order valence-electron chi connectivity index (χ0n) is 4.52. The van der Waals surface area contributed by atoms with Crippen LogP contribution in [0, 0.1) is 0 Å². The summed E-state index contributed by atoms with van der Waals surface area (Å²) in [5.41, 5.74) is 0. The number of hydrogen-bond acceptors (Lipinski definition) is 0. The van der Waals surface area contributed by atoms with E-state index < -0.39 is 0 Å². The van der Waals surface area contributed by atoms with Gasteiger partial charge in [-0.1, -0.05) is 0 Å². The Labute approximate surface area is 53.7 Å². The zero-order valence-corrected chi connectivity index (χ0v) is 5.80. The van der Waals surface area contributed by atoms with Gasteiger partial charge in [-0.2, -0.15) is 0 Å². The Bertz CT molecular complexity index is 46.1. The first kappa shape index (κ1) is 5.67. The second-order valence-electron chi connectivity index (χ2n) is 2.26. The first-order valence-corrected chi connectivity index (χ1v) is 3.79. The Morgan fingerprint density at radius 3 is 1.86 bits per heavy atom. The second kappa shape index (κ2) is 2.75. The summed E-state index contributed by atoms with van der Waals surface area (Å²) in [4.78, 5) is 0. The van der Waals surface area contributed by atoms with Crippen molar-refractivity contribution in [3.05, 3.63) is 0 Å². The van der Waals surface area contributed by atoms with Crippen LogP contribution in [0.5, 0.6) is 0 Å². The zero-order chi connectivity index (χ0) is 5.11. The van der Waals surface area contributed by atoms with Gasteiger partial charge in [0.05, 0.1) is 0 Å². The van der Waals surface area contributed by atoms with Crippen LogP contribution < -0.4 is 0 Å². The van der Waals surface area contributed by atoms with Gasteiger partial charge in [0, 0.05) is 0 Å². The molecule has 7 heavy (non-hydrogen) atoms. The molecular weight excluding hydrogens is 124 g/mol. The van der Waals surface area contributed by atoms with E-state index in [2.05, 4.69) is 16.3 Å². The van der Waals surface area contributed by atoms with E-state index in [1.54, 1.807) is 0 Å². The van der Waals surface area contributed by atoms with Gasteiger partial charge in [0.2, 0.25) is 0 Å². The molecule has 1 aliphatic carbocycles. The first-order chi connectivity index (χ1) is 3.39. The van der Waals surface area contributed by atoms with Crippen molar-refractivity contribution in [2.75, 3.05) is 0 Å². The molecule has 0 aromatic rings. The van der Waals surface area contributed by atoms with Gasteiger partial charge in [-0.15, -0.1) is 0 Å². The van der Waals surface area contributed by atoms with Gasteiger partial charge in [0.1, 0.15) is 0 Å². The molecule has 1 saturated carbocycles. The molecule has 0 saturated heterocycles. The Balaban J connectivity index is 2.12. The normalized spacial score (nSPS) is 25.1. The van der Waals surface area contributed by atoms with Crippen molar-refractivity contribution in [3.63, 3.8) is 0 Å². The van der Waals surface area contributed by atoms with Gasteiger partial charge in [-0.05, 0) is 0 Å². The molecule has 0 nitrogen and oxygen atoms in total. The molecular formula is C6H11Cr. The summed E-state index contributed by atoms with van der Waals surface area (Å²) >= 11 is 3.18. The van der Waals surface area contributed by atoms with Crippen molar-refractivity contribution in [1.82, 2.24) is 0 Å². The molecule has 0 amide bonds. The van der Waals surface area contributed by atoms with Gasteiger partial charge in [0.25, 0.3) is 0 Å². The summed E-state index contributed by atoms with van der Waals surface area (Å²) in [6.07, 6.45) is 7.24. The fraction of sp³-hybridized carbons (Fsp3) is 1.00. The molecule has 1 rings (SSSR count). The number of rotatable bonds is 0. The third kappa shape index (κ3) is 1.84. The second-order valence-corrected chi connectivity index (χ2v) is 3.30. The summed E-state index contributed by atoms with van der Waals surface area (Å²) in [7, 11) is 0. The molecule has 0 bridgehead atoms. The molecule has 0 aromatic heterocycles. The van der Waals surface area contributed by atoms with Gasteiger partial charge < -0.3 is 0 Å². The van der Waals surface area contributed by atoms with Crippen molar-refractivity contribution < 1.29 is 16.3 Å². The van der Waals surface area contributed by atoms with E-state index in [9.17, 15) is 0 Å². The maximum absolute atomic E-state index is 3.18. The summed E-state index contributed by atoms with van der Waals surface area (Å²) in [6, 6.07) is 0. The Morgan fingerprint density at radius 1 is 1.00 bits per heavy atom. The van der Waals surface area contributed by atoms with E-state index in [0.717, 1.165) is 4.78 Å². The van der Waals surface area contributed by atoms with Crippen LogP contribution >= 0.6 is 0 Å². The third-order valence-corrected chi connectivity index (χ3v) is 2.29. The molecule has 0 radical (unpaired) electrons. The van der Waals surface area contributed by atoms with Crippen LogP contribution in [0.1, 0.15) is 32.1 Å². The van der Waals surface area contributed by atoms with Crippen molar-refractivity contribution >= 4 is 0 Å². The van der Waals surface area contributed by atoms with E-state index in [-0.39, 0.29) is 0 Å². The van der Waals surface area contributed by atoms with Gasteiger partial charge in [-0.3, -0.25) is 0 Å². The molecule has 0 spiro atoms. The maximum atomic E-state index is 3.18. The van der Waals surface area contributed by atoms with Crippen LogP contribution in [0.3, 0.4) is 0 Å². The molecule has 0 N–H and O–H groups in total. The molecule has 0 heterocycles. The monoisotopic (exact) mass is 135 g/mol. The first-order valence-electron chi connectivity index (χ1n) is 3.05. The fourth-order valence-electron chi connectivity index (χ4n) is 1.07. The molecule has 0 aliphatic heterocycles. The van der Waals surface area contributed by atoms with Crippen molar-refractivity contribution in [2.24, 2.45) is 0 Å². The van der Waals surface area contributed by atoms with Crippen LogP contribution in [0.15, 0.2) is 0 Å². The molecule has 0 aromatic carbocycles. The van der Waals surface area contributed by atoms with E-state index in [1.165, 1.54) is 32.1 Å². The summed E-state index contributed by atoms with van der Waals surface area (Å²) in [5.74, 6) is 0. The van der Waals surface area contributed by atoms with E-state index in [0.29, 0.717) is 0 Å². The third-order valence-electron chi connectivity index (χ3n) is 1.55. The fourth-order valence-corrected chi connectivity index (χ4v) is 1.59. The van der Waals surface area contributed by atoms with Crippen LogP contribution in [0.4, 0.5) is 0 Å². The predicted octanol–water partition coefficient (Wildman–Crippen LogP) is 2.29. The summed E-state index contributed by atoms with van der Waals surface area (Å²) in [5, 5.41) is 0. The van der Waals surface area contributed by atoms with Gasteiger partial charge >= 0.3 is 53.2 Å². The van der Waals surface area contributed by atoms with Crippen LogP contribution in [0.2, 0.25) is 4.78 Å². The standard InChI is InChI=1S/C6H11.Cr/c1-2-4-6-5-3-1;/h1H,2-6H2;. The molecule has 1 fully saturated rings. The minimum absolute atomic E-state index is 0.911. The minimum atomic E-state index is 0.911. The predicted molar refractivity (Wildman–Crippen MR) is 26.8 cm³/mol. The van der Waals surface area contributed by atoms with Crippen LogP contribution in [-0.4, -0.2) is 0 Å². The average Bonchev–Trinajstić information content (AvgIpc) is 1.69. The van der Waals surface area contributed by atoms with Gasteiger partial charge in [0.15, 0.2) is 0 Å². The molecule has 0 unspecified atom stereocenters. The van der Waals surface area contributed by atoms with Crippen molar-refractivity contribution in [3.8, 4) is 0 Å². The summed E-state index contributed by atoms with van der Waals surface area (Å²) in [6.45, 7) is 0. The Hall–Kier alpha value is 0.532. The summed E-state index contributed by atoms with van der Waals surface area (Å²) < 4.78 is 0.911. The quantitative estimate of drug-likeness (QED) is 0.478. The van der Waals surface area contributed by atoms with Gasteiger partial charge in [-0.25, -0.2) is 0 Å². The van der Waals surface area contributed by atoms with E-state index >= 15 is 0 Å². The van der Waals surface area contributed by atoms with E-state index in [4.69, 9.17) is 0 Å². The van der Waals surface area contributed by atoms with Crippen LogP contribution in [0.25, 0.3) is 0 Å². The molecule has 1 aliphatic rings. The van der Waals surface area contributed by atoms with E-state index in [1.807, 2.05) is 0 Å². The molecule has 1 heteroatoms. The topological polar surface area (TPSA) is 0 Å². The van der Waals surface area contributed by atoms with Crippen molar-refractivity contribution in [1.29, 1.82) is 0 Å². The molecule has 0 atom stereocenters. The Morgan fingerprint density at radius 2 is 1.57 bits per heavy atom.